The van der Waals surface area contributed by atoms with E-state index < -0.39 is 26.0 Å². The summed E-state index contributed by atoms with van der Waals surface area (Å²) in [6, 6.07) is 4.55. The molecular formula is C11H16FN3O4S2. The second kappa shape index (κ2) is 5.97. The van der Waals surface area contributed by atoms with E-state index in [-0.39, 0.29) is 31.1 Å². The summed E-state index contributed by atoms with van der Waals surface area (Å²) in [4.78, 5) is -0.00572. The number of rotatable bonds is 4. The van der Waals surface area contributed by atoms with E-state index in [1.165, 1.54) is 27.8 Å². The fourth-order valence-corrected chi connectivity index (χ4v) is 4.36. The van der Waals surface area contributed by atoms with Crippen LogP contribution in [-0.2, 0) is 20.2 Å². The number of nitrogens with one attached hydrogen (secondary N) is 1. The molecule has 0 unspecified atom stereocenters. The Morgan fingerprint density at radius 2 is 1.43 bits per heavy atom. The molecular weight excluding hydrogens is 321 g/mol. The van der Waals surface area contributed by atoms with Gasteiger partial charge in [0.1, 0.15) is 5.82 Å². The summed E-state index contributed by atoms with van der Waals surface area (Å²) in [6.07, 6.45) is 0. The van der Waals surface area contributed by atoms with Crippen LogP contribution < -0.4 is 4.72 Å². The Bertz CT molecular complexity index is 695. The Morgan fingerprint density at radius 3 is 1.90 bits per heavy atom. The molecule has 1 N–H and O–H groups in total. The number of nitrogens with zero attached hydrogens (tertiary/aromatic N) is 2. The van der Waals surface area contributed by atoms with E-state index in [9.17, 15) is 21.2 Å². The van der Waals surface area contributed by atoms with E-state index in [0.29, 0.717) is 0 Å². The number of hydrogen-bond donors (Lipinski definition) is 1. The van der Waals surface area contributed by atoms with Crippen molar-refractivity contribution in [1.29, 1.82) is 0 Å². The van der Waals surface area contributed by atoms with Crippen molar-refractivity contribution in [2.45, 2.75) is 4.90 Å². The molecule has 0 aliphatic carbocycles. The summed E-state index contributed by atoms with van der Waals surface area (Å²) in [5.41, 5.74) is 0. The van der Waals surface area contributed by atoms with Gasteiger partial charge >= 0.3 is 0 Å². The lowest BCUT2D eigenvalue weighted by Crippen LogP contribution is -2.52. The van der Waals surface area contributed by atoms with E-state index in [2.05, 4.69) is 4.72 Å². The van der Waals surface area contributed by atoms with Gasteiger partial charge in [0.25, 0.3) is 10.2 Å². The van der Waals surface area contributed by atoms with Crippen molar-refractivity contribution in [3.63, 3.8) is 0 Å². The van der Waals surface area contributed by atoms with Crippen molar-refractivity contribution in [1.82, 2.24) is 13.3 Å². The highest BCUT2D eigenvalue weighted by molar-refractivity contribution is 7.89. The average Bonchev–Trinajstić information content (AvgIpc) is 2.48. The number of benzene rings is 1. The lowest BCUT2D eigenvalue weighted by atomic mass is 10.4. The molecule has 0 aromatic heterocycles. The molecule has 21 heavy (non-hydrogen) atoms. The van der Waals surface area contributed by atoms with Crippen molar-refractivity contribution in [3.05, 3.63) is 30.1 Å². The zero-order chi connectivity index (χ0) is 15.7. The molecule has 2 rings (SSSR count). The van der Waals surface area contributed by atoms with Gasteiger partial charge in [0.05, 0.1) is 4.90 Å². The minimum Gasteiger partial charge on any atom is -0.207 e. The summed E-state index contributed by atoms with van der Waals surface area (Å²) in [7, 11) is -5.98. The Labute approximate surface area is 123 Å². The van der Waals surface area contributed by atoms with Gasteiger partial charge in [-0.05, 0) is 24.3 Å². The van der Waals surface area contributed by atoms with Crippen molar-refractivity contribution >= 4 is 20.2 Å². The highest BCUT2D eigenvalue weighted by Gasteiger charge is 2.32. The molecule has 0 amide bonds. The zero-order valence-electron chi connectivity index (χ0n) is 11.4. The first kappa shape index (κ1) is 16.3. The van der Waals surface area contributed by atoms with Crippen LogP contribution in [0, 0.1) is 5.82 Å². The monoisotopic (exact) mass is 337 g/mol. The standard InChI is InChI=1S/C11H16FN3O4S2/c1-13-21(18,19)15-8-6-14(7-9-15)20(16,17)11-4-2-10(12)3-5-11/h2-5,13H,6-9H2,1H3. The van der Waals surface area contributed by atoms with Gasteiger partial charge in [0.15, 0.2) is 0 Å². The van der Waals surface area contributed by atoms with Gasteiger partial charge in [-0.3, -0.25) is 0 Å². The van der Waals surface area contributed by atoms with E-state index in [4.69, 9.17) is 0 Å². The number of halogens is 1. The van der Waals surface area contributed by atoms with Crippen LogP contribution in [0.5, 0.6) is 0 Å². The van der Waals surface area contributed by atoms with Gasteiger partial charge in [-0.2, -0.15) is 17.0 Å². The first-order chi connectivity index (χ1) is 9.77. The largest absolute Gasteiger partial charge is 0.279 e. The highest BCUT2D eigenvalue weighted by atomic mass is 32.2. The highest BCUT2D eigenvalue weighted by Crippen LogP contribution is 2.18. The first-order valence-electron chi connectivity index (χ1n) is 6.22. The summed E-state index contributed by atoms with van der Waals surface area (Å²) >= 11 is 0. The summed E-state index contributed by atoms with van der Waals surface area (Å²) in [5.74, 6) is -0.515. The van der Waals surface area contributed by atoms with Crippen LogP contribution in [-0.4, -0.2) is 58.7 Å². The van der Waals surface area contributed by atoms with Gasteiger partial charge in [-0.25, -0.2) is 17.5 Å². The van der Waals surface area contributed by atoms with Crippen LogP contribution >= 0.6 is 0 Å². The van der Waals surface area contributed by atoms with Crippen LogP contribution in [0.1, 0.15) is 0 Å². The molecule has 1 aliphatic heterocycles. The van der Waals surface area contributed by atoms with Gasteiger partial charge in [-0.15, -0.1) is 0 Å². The Balaban J connectivity index is 2.13. The fourth-order valence-electron chi connectivity index (χ4n) is 2.04. The molecule has 1 aliphatic rings. The second-order valence-corrected chi connectivity index (χ2v) is 8.28. The SMILES string of the molecule is CNS(=O)(=O)N1CCN(S(=O)(=O)c2ccc(F)cc2)CC1. The van der Waals surface area contributed by atoms with E-state index in [1.54, 1.807) is 0 Å². The molecule has 7 nitrogen and oxygen atoms in total. The Morgan fingerprint density at radius 1 is 0.952 bits per heavy atom. The summed E-state index contributed by atoms with van der Waals surface area (Å²) in [5, 5.41) is 0. The van der Waals surface area contributed by atoms with Crippen LogP contribution in [0.4, 0.5) is 4.39 Å². The van der Waals surface area contributed by atoms with Gasteiger partial charge in [-0.1, -0.05) is 0 Å². The molecule has 1 heterocycles. The number of sulfonamides is 1. The zero-order valence-corrected chi connectivity index (χ0v) is 13.0. The number of hydrogen-bond acceptors (Lipinski definition) is 4. The molecule has 1 saturated heterocycles. The van der Waals surface area contributed by atoms with Gasteiger partial charge in [0, 0.05) is 33.2 Å². The quantitative estimate of drug-likeness (QED) is 0.810. The Kier molecular flexibility index (Phi) is 4.63. The molecule has 0 radical (unpaired) electrons. The van der Waals surface area contributed by atoms with E-state index in [1.807, 2.05) is 0 Å². The van der Waals surface area contributed by atoms with Crippen LogP contribution in [0.3, 0.4) is 0 Å². The topological polar surface area (TPSA) is 86.8 Å². The molecule has 0 saturated carbocycles. The smallest absolute Gasteiger partial charge is 0.207 e. The molecule has 0 spiro atoms. The summed E-state index contributed by atoms with van der Waals surface area (Å²) < 4.78 is 65.4. The molecule has 1 fully saturated rings. The molecule has 1 aromatic carbocycles. The lowest BCUT2D eigenvalue weighted by molar-refractivity contribution is 0.271. The van der Waals surface area contributed by atoms with Crippen LogP contribution in [0.2, 0.25) is 0 Å². The van der Waals surface area contributed by atoms with Crippen molar-refractivity contribution < 1.29 is 21.2 Å². The van der Waals surface area contributed by atoms with Gasteiger partial charge in [0.2, 0.25) is 10.0 Å². The maximum absolute atomic E-state index is 12.8. The third kappa shape index (κ3) is 3.40. The van der Waals surface area contributed by atoms with Gasteiger partial charge < -0.3 is 0 Å². The first-order valence-corrected chi connectivity index (χ1v) is 9.10. The van der Waals surface area contributed by atoms with Crippen molar-refractivity contribution in [2.75, 3.05) is 33.2 Å². The predicted molar refractivity (Wildman–Crippen MR) is 74.7 cm³/mol. The second-order valence-electron chi connectivity index (χ2n) is 4.47. The van der Waals surface area contributed by atoms with E-state index >= 15 is 0 Å². The minimum atomic E-state index is -3.73. The van der Waals surface area contributed by atoms with Crippen molar-refractivity contribution in [2.24, 2.45) is 0 Å². The summed E-state index contributed by atoms with van der Waals surface area (Å²) in [6.45, 7) is 0.258. The van der Waals surface area contributed by atoms with Crippen LogP contribution in [0.25, 0.3) is 0 Å². The van der Waals surface area contributed by atoms with Crippen LogP contribution in [0.15, 0.2) is 29.2 Å². The average molecular weight is 337 g/mol. The predicted octanol–water partition coefficient (Wildman–Crippen LogP) is -0.404. The number of piperazine rings is 1. The third-order valence-electron chi connectivity index (χ3n) is 3.25. The fraction of sp³-hybridized carbons (Fsp3) is 0.455. The van der Waals surface area contributed by atoms with Crippen molar-refractivity contribution in [3.8, 4) is 0 Å². The molecule has 10 heteroatoms. The molecule has 0 atom stereocenters. The minimum absolute atomic E-state index is 0.00572. The maximum atomic E-state index is 12.8. The third-order valence-corrected chi connectivity index (χ3v) is 6.72. The molecule has 0 bridgehead atoms. The molecule has 1 aromatic rings. The normalized spacial score (nSPS) is 18.8. The lowest BCUT2D eigenvalue weighted by Gasteiger charge is -2.32. The maximum Gasteiger partial charge on any atom is 0.279 e. The van der Waals surface area contributed by atoms with E-state index in [0.717, 1.165) is 12.1 Å². The Hall–Kier alpha value is -1.07. The molecule has 118 valence electrons.